The highest BCUT2D eigenvalue weighted by Crippen LogP contribution is 2.30. The van der Waals surface area contributed by atoms with Gasteiger partial charge >= 0.3 is 5.97 Å². The Morgan fingerprint density at radius 3 is 2.53 bits per heavy atom. The quantitative estimate of drug-likeness (QED) is 0.693. The second-order valence-corrected chi connectivity index (χ2v) is 2.80. The van der Waals surface area contributed by atoms with Crippen molar-refractivity contribution >= 4 is 5.97 Å². The third kappa shape index (κ3) is 2.10. The molecule has 0 spiro atoms. The van der Waals surface area contributed by atoms with Crippen LogP contribution in [0, 0.1) is 6.92 Å². The van der Waals surface area contributed by atoms with Crippen LogP contribution in [-0.4, -0.2) is 32.5 Å². The number of carbonyl (C=O) groups excluding carboxylic acids is 1. The van der Waals surface area contributed by atoms with Crippen molar-refractivity contribution in [3.63, 3.8) is 0 Å². The van der Waals surface area contributed by atoms with Crippen LogP contribution < -0.4 is 4.74 Å². The predicted molar refractivity (Wildman–Crippen MR) is 49.6 cm³/mol. The second kappa shape index (κ2) is 4.79. The van der Waals surface area contributed by atoms with Crippen molar-refractivity contribution in [3.05, 3.63) is 11.3 Å². The van der Waals surface area contributed by atoms with E-state index in [9.17, 15) is 4.79 Å². The van der Waals surface area contributed by atoms with Gasteiger partial charge in [0.15, 0.2) is 6.10 Å². The van der Waals surface area contributed by atoms with E-state index >= 15 is 0 Å². The molecule has 1 rings (SSSR count). The van der Waals surface area contributed by atoms with Gasteiger partial charge in [-0.15, -0.1) is 0 Å². The first-order valence-electron chi connectivity index (χ1n) is 4.26. The number of esters is 1. The van der Waals surface area contributed by atoms with E-state index in [1.165, 1.54) is 21.3 Å². The molecule has 1 aromatic heterocycles. The maximum absolute atomic E-state index is 11.4. The van der Waals surface area contributed by atoms with Crippen molar-refractivity contribution in [2.24, 2.45) is 0 Å². The van der Waals surface area contributed by atoms with Crippen molar-refractivity contribution < 1.29 is 23.5 Å². The van der Waals surface area contributed by atoms with E-state index in [4.69, 9.17) is 14.0 Å². The number of nitrogens with zero attached hydrogens (tertiary/aromatic N) is 1. The summed E-state index contributed by atoms with van der Waals surface area (Å²) < 4.78 is 19.5. The lowest BCUT2D eigenvalue weighted by Crippen LogP contribution is -2.17. The Kier molecular flexibility index (Phi) is 3.68. The van der Waals surface area contributed by atoms with Crippen molar-refractivity contribution in [1.82, 2.24) is 5.16 Å². The summed E-state index contributed by atoms with van der Waals surface area (Å²) in [5.41, 5.74) is 0.451. The Labute approximate surface area is 87.1 Å². The molecule has 6 heteroatoms. The monoisotopic (exact) mass is 215 g/mol. The number of aryl methyl sites for hydroxylation is 1. The lowest BCUT2D eigenvalue weighted by molar-refractivity contribution is -0.152. The molecule has 0 aromatic carbocycles. The molecule has 0 aliphatic carbocycles. The second-order valence-electron chi connectivity index (χ2n) is 2.80. The number of methoxy groups -OCH3 is 3. The van der Waals surface area contributed by atoms with Gasteiger partial charge in [0.25, 0.3) is 5.88 Å². The fourth-order valence-electron chi connectivity index (χ4n) is 1.24. The van der Waals surface area contributed by atoms with E-state index in [0.717, 1.165) is 0 Å². The summed E-state index contributed by atoms with van der Waals surface area (Å²) in [6.45, 7) is 1.67. The highest BCUT2D eigenvalue weighted by molar-refractivity contribution is 5.77. The lowest BCUT2D eigenvalue weighted by Gasteiger charge is -2.12. The minimum absolute atomic E-state index is 0.227. The summed E-state index contributed by atoms with van der Waals surface area (Å²) in [4.78, 5) is 11.4. The first-order chi connectivity index (χ1) is 7.15. The molecule has 1 atom stereocenters. The SMILES string of the molecule is COC(=O)C(OC)c1c(OC)noc1C. The number of rotatable bonds is 4. The van der Waals surface area contributed by atoms with E-state index < -0.39 is 12.1 Å². The summed E-state index contributed by atoms with van der Waals surface area (Å²) >= 11 is 0. The maximum atomic E-state index is 11.4. The zero-order valence-electron chi connectivity index (χ0n) is 9.07. The van der Waals surface area contributed by atoms with Gasteiger partial charge in [-0.3, -0.25) is 0 Å². The van der Waals surface area contributed by atoms with Crippen LogP contribution in [-0.2, 0) is 14.3 Å². The molecule has 0 amide bonds. The summed E-state index contributed by atoms with van der Waals surface area (Å²) in [5.74, 6) is 0.163. The number of hydrogen-bond donors (Lipinski definition) is 0. The number of carbonyl (C=O) groups is 1. The molecule has 0 saturated carbocycles. The van der Waals surface area contributed by atoms with Gasteiger partial charge in [-0.2, -0.15) is 0 Å². The van der Waals surface area contributed by atoms with Gasteiger partial charge in [0.1, 0.15) is 5.76 Å². The largest absolute Gasteiger partial charge is 0.479 e. The Balaban J connectivity index is 3.10. The van der Waals surface area contributed by atoms with Gasteiger partial charge in [0.05, 0.1) is 19.8 Å². The van der Waals surface area contributed by atoms with E-state index in [1.807, 2.05) is 0 Å². The summed E-state index contributed by atoms with van der Waals surface area (Å²) in [7, 11) is 4.11. The van der Waals surface area contributed by atoms with E-state index in [1.54, 1.807) is 6.92 Å². The Morgan fingerprint density at radius 2 is 2.07 bits per heavy atom. The molecule has 0 saturated heterocycles. The van der Waals surface area contributed by atoms with Gasteiger partial charge in [0, 0.05) is 7.11 Å². The summed E-state index contributed by atoms with van der Waals surface area (Å²) in [6.07, 6.45) is -0.879. The number of hydrogen-bond acceptors (Lipinski definition) is 6. The van der Waals surface area contributed by atoms with Crippen LogP contribution in [0.2, 0.25) is 0 Å². The molecule has 0 fully saturated rings. The van der Waals surface area contributed by atoms with Gasteiger partial charge in [-0.25, -0.2) is 4.79 Å². The Morgan fingerprint density at radius 1 is 1.40 bits per heavy atom. The molecule has 84 valence electrons. The molecule has 0 bridgehead atoms. The molecule has 6 nitrogen and oxygen atoms in total. The standard InChI is InChI=1S/C9H13NO5/c1-5-6(8(13-3)10-15-5)7(12-2)9(11)14-4/h7H,1-4H3. The van der Waals surface area contributed by atoms with Gasteiger partial charge in [0.2, 0.25) is 0 Å². The Bertz CT molecular complexity index is 346. The normalized spacial score (nSPS) is 12.3. The first-order valence-corrected chi connectivity index (χ1v) is 4.26. The Hall–Kier alpha value is -1.56. The average molecular weight is 215 g/mol. The van der Waals surface area contributed by atoms with Crippen LogP contribution in [0.4, 0.5) is 0 Å². The van der Waals surface area contributed by atoms with E-state index in [-0.39, 0.29) is 5.88 Å². The molecular weight excluding hydrogens is 202 g/mol. The smallest absolute Gasteiger partial charge is 0.339 e. The third-order valence-corrected chi connectivity index (χ3v) is 1.98. The number of aromatic nitrogens is 1. The first kappa shape index (κ1) is 11.5. The molecule has 0 aliphatic heterocycles. The van der Waals surface area contributed by atoms with E-state index in [2.05, 4.69) is 9.89 Å². The summed E-state index contributed by atoms with van der Waals surface area (Å²) in [6, 6.07) is 0. The highest BCUT2D eigenvalue weighted by atomic mass is 16.6. The van der Waals surface area contributed by atoms with Crippen LogP contribution >= 0.6 is 0 Å². The molecule has 0 radical (unpaired) electrons. The zero-order chi connectivity index (χ0) is 11.4. The van der Waals surface area contributed by atoms with Gasteiger partial charge in [-0.1, -0.05) is 0 Å². The lowest BCUT2D eigenvalue weighted by atomic mass is 10.1. The molecule has 1 heterocycles. The van der Waals surface area contributed by atoms with Crippen molar-refractivity contribution in [3.8, 4) is 5.88 Å². The third-order valence-electron chi connectivity index (χ3n) is 1.98. The van der Waals surface area contributed by atoms with Crippen molar-refractivity contribution in [1.29, 1.82) is 0 Å². The van der Waals surface area contributed by atoms with Crippen molar-refractivity contribution in [2.75, 3.05) is 21.3 Å². The molecular formula is C9H13NO5. The van der Waals surface area contributed by atoms with Crippen LogP contribution in [0.3, 0.4) is 0 Å². The fourth-order valence-corrected chi connectivity index (χ4v) is 1.24. The van der Waals surface area contributed by atoms with E-state index in [0.29, 0.717) is 11.3 Å². The fraction of sp³-hybridized carbons (Fsp3) is 0.556. The number of ether oxygens (including phenoxy) is 3. The van der Waals surface area contributed by atoms with Crippen LogP contribution in [0.1, 0.15) is 17.4 Å². The average Bonchev–Trinajstić information content (AvgIpc) is 2.61. The highest BCUT2D eigenvalue weighted by Gasteiger charge is 2.30. The minimum atomic E-state index is -0.879. The van der Waals surface area contributed by atoms with Crippen LogP contribution in [0.15, 0.2) is 4.52 Å². The topological polar surface area (TPSA) is 70.8 Å². The van der Waals surface area contributed by atoms with Crippen molar-refractivity contribution in [2.45, 2.75) is 13.0 Å². The maximum Gasteiger partial charge on any atom is 0.339 e. The molecule has 1 unspecified atom stereocenters. The zero-order valence-corrected chi connectivity index (χ0v) is 9.07. The molecule has 15 heavy (non-hydrogen) atoms. The van der Waals surface area contributed by atoms with Crippen LogP contribution in [0.25, 0.3) is 0 Å². The minimum Gasteiger partial charge on any atom is -0.479 e. The van der Waals surface area contributed by atoms with Gasteiger partial charge < -0.3 is 18.7 Å². The molecule has 0 N–H and O–H groups in total. The van der Waals surface area contributed by atoms with Crippen LogP contribution in [0.5, 0.6) is 5.88 Å². The molecule has 0 aliphatic rings. The predicted octanol–water partition coefficient (Wildman–Crippen LogP) is 0.852. The summed E-state index contributed by atoms with van der Waals surface area (Å²) in [5, 5.41) is 3.63. The van der Waals surface area contributed by atoms with Gasteiger partial charge in [-0.05, 0) is 12.1 Å². The molecule has 1 aromatic rings.